The van der Waals surface area contributed by atoms with Crippen LogP contribution in [-0.4, -0.2) is 32.8 Å². The number of carbonyl (C=O) groups excluding carboxylic acids is 2. The van der Waals surface area contributed by atoms with Crippen molar-refractivity contribution >= 4 is 34.5 Å². The van der Waals surface area contributed by atoms with Crippen LogP contribution in [0.4, 0.5) is 0 Å². The summed E-state index contributed by atoms with van der Waals surface area (Å²) in [5.74, 6) is -0.602. The van der Waals surface area contributed by atoms with E-state index >= 15 is 0 Å². The van der Waals surface area contributed by atoms with Gasteiger partial charge in [-0.15, -0.1) is 0 Å². The third kappa shape index (κ3) is 6.67. The summed E-state index contributed by atoms with van der Waals surface area (Å²) in [4.78, 5) is 40.4. The first-order valence-corrected chi connectivity index (χ1v) is 10.3. The van der Waals surface area contributed by atoms with Gasteiger partial charge in [0.2, 0.25) is 5.91 Å². The second kappa shape index (κ2) is 9.73. The van der Waals surface area contributed by atoms with Crippen LogP contribution in [0.2, 0.25) is 0 Å². The number of amides is 1. The third-order valence-corrected chi connectivity index (χ3v) is 4.82. The Morgan fingerprint density at radius 1 is 1.18 bits per heavy atom. The normalized spacial score (nSPS) is 11.5. The van der Waals surface area contributed by atoms with Gasteiger partial charge in [-0.25, -0.2) is 4.98 Å². The Labute approximate surface area is 168 Å². The van der Waals surface area contributed by atoms with Gasteiger partial charge in [0.05, 0.1) is 16.7 Å². The molecule has 8 heteroatoms. The molecule has 1 aromatic heterocycles. The van der Waals surface area contributed by atoms with Crippen molar-refractivity contribution in [3.63, 3.8) is 0 Å². The fourth-order valence-electron chi connectivity index (χ4n) is 2.70. The van der Waals surface area contributed by atoms with Crippen molar-refractivity contribution in [3.05, 3.63) is 34.6 Å². The SMILES string of the molecule is CC(C)(C)OC(=O)CSc1nc2ccccc2c(=O)n1CCCCCC(N)=O. The van der Waals surface area contributed by atoms with Gasteiger partial charge in [0, 0.05) is 13.0 Å². The molecule has 2 aromatic rings. The lowest BCUT2D eigenvalue weighted by Crippen LogP contribution is -2.26. The monoisotopic (exact) mass is 405 g/mol. The standard InChI is InChI=1S/C20H27N3O4S/c1-20(2,3)27-17(25)13-28-19-22-15-10-7-6-9-14(15)18(26)23(19)12-8-4-5-11-16(21)24/h6-7,9-10H,4-5,8,11-13H2,1-3H3,(H2,21,24). The minimum atomic E-state index is -0.561. The summed E-state index contributed by atoms with van der Waals surface area (Å²) in [6.07, 6.45) is 2.52. The van der Waals surface area contributed by atoms with Crippen LogP contribution in [0.5, 0.6) is 0 Å². The number of unbranched alkanes of at least 4 members (excludes halogenated alkanes) is 2. The second-order valence-corrected chi connectivity index (χ2v) is 8.46. The van der Waals surface area contributed by atoms with Gasteiger partial charge in [0.1, 0.15) is 5.60 Å². The van der Waals surface area contributed by atoms with Crippen LogP contribution in [0.15, 0.2) is 34.2 Å². The molecule has 0 atom stereocenters. The number of ether oxygens (including phenoxy) is 1. The Morgan fingerprint density at radius 3 is 2.57 bits per heavy atom. The Bertz CT molecular complexity index is 902. The molecule has 0 radical (unpaired) electrons. The molecule has 2 rings (SSSR count). The van der Waals surface area contributed by atoms with Gasteiger partial charge >= 0.3 is 5.97 Å². The highest BCUT2D eigenvalue weighted by atomic mass is 32.2. The van der Waals surface area contributed by atoms with E-state index in [2.05, 4.69) is 4.98 Å². The first-order chi connectivity index (χ1) is 13.2. The zero-order valence-electron chi connectivity index (χ0n) is 16.6. The number of primary amides is 1. The van der Waals surface area contributed by atoms with Crippen molar-refractivity contribution in [3.8, 4) is 0 Å². The van der Waals surface area contributed by atoms with Crippen LogP contribution >= 0.6 is 11.8 Å². The molecule has 28 heavy (non-hydrogen) atoms. The summed E-state index contributed by atoms with van der Waals surface area (Å²) in [6.45, 7) is 5.90. The Morgan fingerprint density at radius 2 is 1.89 bits per heavy atom. The van der Waals surface area contributed by atoms with Gasteiger partial charge in [-0.2, -0.15) is 0 Å². The van der Waals surface area contributed by atoms with Crippen molar-refractivity contribution in [1.82, 2.24) is 9.55 Å². The van der Waals surface area contributed by atoms with E-state index in [9.17, 15) is 14.4 Å². The smallest absolute Gasteiger partial charge is 0.316 e. The fourth-order valence-corrected chi connectivity index (χ4v) is 3.49. The van der Waals surface area contributed by atoms with Crippen LogP contribution in [0.1, 0.15) is 46.5 Å². The summed E-state index contributed by atoms with van der Waals surface area (Å²) in [5.41, 5.74) is 5.06. The van der Waals surface area contributed by atoms with E-state index in [0.29, 0.717) is 41.9 Å². The number of para-hydroxylation sites is 1. The number of hydrogen-bond donors (Lipinski definition) is 1. The molecule has 0 saturated carbocycles. The van der Waals surface area contributed by atoms with E-state index in [-0.39, 0.29) is 23.2 Å². The first-order valence-electron chi connectivity index (χ1n) is 9.30. The topological polar surface area (TPSA) is 104 Å². The second-order valence-electron chi connectivity index (χ2n) is 7.52. The van der Waals surface area contributed by atoms with Crippen molar-refractivity contribution in [2.75, 3.05) is 5.75 Å². The van der Waals surface area contributed by atoms with E-state index in [0.717, 1.165) is 6.42 Å². The number of nitrogens with zero attached hydrogens (tertiary/aromatic N) is 2. The molecule has 0 unspecified atom stereocenters. The number of aromatic nitrogens is 2. The molecule has 1 amide bonds. The van der Waals surface area contributed by atoms with Crippen LogP contribution < -0.4 is 11.3 Å². The number of rotatable bonds is 9. The predicted molar refractivity (Wildman–Crippen MR) is 110 cm³/mol. The van der Waals surface area contributed by atoms with Crippen molar-refractivity contribution < 1.29 is 14.3 Å². The highest BCUT2D eigenvalue weighted by Crippen LogP contribution is 2.20. The number of hydrogen-bond acceptors (Lipinski definition) is 6. The Kier molecular flexibility index (Phi) is 7.62. The van der Waals surface area contributed by atoms with E-state index < -0.39 is 5.60 Å². The van der Waals surface area contributed by atoms with Crippen molar-refractivity contribution in [2.24, 2.45) is 5.73 Å². The van der Waals surface area contributed by atoms with E-state index in [1.54, 1.807) is 22.8 Å². The summed E-state index contributed by atoms with van der Waals surface area (Å²) < 4.78 is 6.93. The molecule has 7 nitrogen and oxygen atoms in total. The predicted octanol–water partition coefficient (Wildman–Crippen LogP) is 2.88. The summed E-state index contributed by atoms with van der Waals surface area (Å²) in [5, 5.41) is 1.03. The number of esters is 1. The average Bonchev–Trinajstić information content (AvgIpc) is 2.60. The maximum atomic E-state index is 12.9. The third-order valence-electron chi connectivity index (χ3n) is 3.87. The number of benzene rings is 1. The lowest BCUT2D eigenvalue weighted by Gasteiger charge is -2.19. The van der Waals surface area contributed by atoms with Crippen molar-refractivity contribution in [2.45, 2.75) is 63.8 Å². The zero-order chi connectivity index (χ0) is 20.7. The van der Waals surface area contributed by atoms with Crippen molar-refractivity contribution in [1.29, 1.82) is 0 Å². The van der Waals surface area contributed by atoms with Crippen LogP contribution in [0.25, 0.3) is 10.9 Å². The lowest BCUT2D eigenvalue weighted by atomic mass is 10.2. The highest BCUT2D eigenvalue weighted by molar-refractivity contribution is 7.99. The molecular formula is C20H27N3O4S. The van der Waals surface area contributed by atoms with Gasteiger partial charge in [0.25, 0.3) is 5.56 Å². The first kappa shape index (κ1) is 21.9. The molecule has 1 heterocycles. The molecule has 0 aliphatic rings. The van der Waals surface area contributed by atoms with Crippen LogP contribution in [0.3, 0.4) is 0 Å². The number of fused-ring (bicyclic) bond motifs is 1. The zero-order valence-corrected chi connectivity index (χ0v) is 17.4. The minimum Gasteiger partial charge on any atom is -0.459 e. The molecule has 152 valence electrons. The molecule has 0 saturated heterocycles. The lowest BCUT2D eigenvalue weighted by molar-refractivity contribution is -0.151. The Hall–Kier alpha value is -2.35. The molecule has 2 N–H and O–H groups in total. The highest BCUT2D eigenvalue weighted by Gasteiger charge is 2.18. The molecule has 0 aliphatic carbocycles. The van der Waals surface area contributed by atoms with E-state index in [1.165, 1.54) is 11.8 Å². The van der Waals surface area contributed by atoms with Gasteiger partial charge < -0.3 is 10.5 Å². The number of thioether (sulfide) groups is 1. The van der Waals surface area contributed by atoms with Crippen LogP contribution in [0, 0.1) is 0 Å². The van der Waals surface area contributed by atoms with Gasteiger partial charge in [-0.3, -0.25) is 19.0 Å². The summed E-state index contributed by atoms with van der Waals surface area (Å²) >= 11 is 1.20. The maximum Gasteiger partial charge on any atom is 0.316 e. The fraction of sp³-hybridized carbons (Fsp3) is 0.500. The average molecular weight is 406 g/mol. The number of carbonyl (C=O) groups is 2. The van der Waals surface area contributed by atoms with E-state index in [1.807, 2.05) is 26.8 Å². The van der Waals surface area contributed by atoms with E-state index in [4.69, 9.17) is 10.5 Å². The molecule has 0 aliphatic heterocycles. The van der Waals surface area contributed by atoms with Gasteiger partial charge in [-0.1, -0.05) is 30.3 Å². The molecule has 0 bridgehead atoms. The Balaban J connectivity index is 2.18. The van der Waals surface area contributed by atoms with Gasteiger partial charge in [-0.05, 0) is 45.7 Å². The maximum absolute atomic E-state index is 12.9. The molecular weight excluding hydrogens is 378 g/mol. The molecule has 1 aromatic carbocycles. The largest absolute Gasteiger partial charge is 0.459 e. The summed E-state index contributed by atoms with van der Waals surface area (Å²) in [6, 6.07) is 7.16. The number of nitrogens with two attached hydrogens (primary N) is 1. The van der Waals surface area contributed by atoms with Gasteiger partial charge in [0.15, 0.2) is 5.16 Å². The molecule has 0 spiro atoms. The van der Waals surface area contributed by atoms with Crippen LogP contribution in [-0.2, 0) is 20.9 Å². The minimum absolute atomic E-state index is 0.0731. The summed E-state index contributed by atoms with van der Waals surface area (Å²) in [7, 11) is 0. The molecule has 0 fully saturated rings. The quantitative estimate of drug-likeness (QED) is 0.298.